The van der Waals surface area contributed by atoms with Crippen molar-refractivity contribution in [2.24, 2.45) is 0 Å². The van der Waals surface area contributed by atoms with Gasteiger partial charge in [-0.05, 0) is 30.3 Å². The maximum Gasteiger partial charge on any atom is 0.307 e. The van der Waals surface area contributed by atoms with E-state index < -0.39 is 24.0 Å². The number of carbonyl (C=O) groups is 1. The Morgan fingerprint density at radius 1 is 1.44 bits per heavy atom. The number of aliphatic carboxylic acids is 1. The van der Waals surface area contributed by atoms with Gasteiger partial charge in [-0.1, -0.05) is 6.07 Å². The number of hydrogen-bond donors (Lipinski definition) is 4. The van der Waals surface area contributed by atoms with Crippen LogP contribution in [0.5, 0.6) is 0 Å². The molecule has 1 aromatic carbocycles. The lowest BCUT2D eigenvalue weighted by molar-refractivity contribution is -0.136. The van der Waals surface area contributed by atoms with E-state index in [1.807, 2.05) is 0 Å². The molecule has 0 saturated heterocycles. The van der Waals surface area contributed by atoms with Crippen LogP contribution in [0.15, 0.2) is 18.2 Å². The maximum atomic E-state index is 13.1. The molecule has 18 heavy (non-hydrogen) atoms. The number of benzene rings is 1. The van der Waals surface area contributed by atoms with Gasteiger partial charge in [0.15, 0.2) is 0 Å². The Hall–Kier alpha value is -1.50. The van der Waals surface area contributed by atoms with Crippen LogP contribution in [0.25, 0.3) is 0 Å². The molecule has 0 bridgehead atoms. The Labute approximate surface area is 104 Å². The highest BCUT2D eigenvalue weighted by Gasteiger charge is 2.22. The van der Waals surface area contributed by atoms with Crippen molar-refractivity contribution in [1.82, 2.24) is 5.32 Å². The quantitative estimate of drug-likeness (QED) is 0.579. The van der Waals surface area contributed by atoms with Gasteiger partial charge in [-0.25, -0.2) is 4.39 Å². The van der Waals surface area contributed by atoms with E-state index in [-0.39, 0.29) is 24.1 Å². The molecule has 0 saturated carbocycles. The zero-order chi connectivity index (χ0) is 13.7. The second-order valence-electron chi connectivity index (χ2n) is 3.98. The molecule has 100 valence electrons. The number of aliphatic hydroxyl groups is 2. The highest BCUT2D eigenvalue weighted by molar-refractivity contribution is 5.70. The van der Waals surface area contributed by atoms with Crippen molar-refractivity contribution >= 4 is 5.97 Å². The monoisotopic (exact) mass is 257 g/mol. The molecule has 0 aliphatic carbocycles. The normalized spacial score (nSPS) is 14.2. The zero-order valence-electron chi connectivity index (χ0n) is 9.93. The molecule has 1 rings (SSSR count). The first-order chi connectivity index (χ1) is 8.45. The van der Waals surface area contributed by atoms with E-state index in [4.69, 9.17) is 5.11 Å². The molecule has 0 aromatic heterocycles. The number of carboxylic acid groups (broad SMARTS) is 1. The molecule has 2 atom stereocenters. The van der Waals surface area contributed by atoms with Crippen LogP contribution < -0.4 is 5.32 Å². The van der Waals surface area contributed by atoms with Crippen LogP contribution in [0, 0.1) is 5.82 Å². The largest absolute Gasteiger partial charge is 0.481 e. The lowest BCUT2D eigenvalue weighted by atomic mass is 9.96. The Bertz CT molecular complexity index is 425. The predicted molar refractivity (Wildman–Crippen MR) is 62.6 cm³/mol. The van der Waals surface area contributed by atoms with E-state index in [0.717, 1.165) is 12.1 Å². The van der Waals surface area contributed by atoms with Crippen molar-refractivity contribution < 1.29 is 24.5 Å². The second-order valence-corrected chi connectivity index (χ2v) is 3.98. The Morgan fingerprint density at radius 2 is 2.11 bits per heavy atom. The molecule has 0 spiro atoms. The van der Waals surface area contributed by atoms with Crippen molar-refractivity contribution in [2.45, 2.75) is 18.6 Å². The third-order valence-electron chi connectivity index (χ3n) is 2.55. The van der Waals surface area contributed by atoms with Crippen molar-refractivity contribution in [3.8, 4) is 0 Å². The van der Waals surface area contributed by atoms with Crippen LogP contribution in [0.2, 0.25) is 0 Å². The summed E-state index contributed by atoms with van der Waals surface area (Å²) in [6.45, 7) is 0.115. The third-order valence-corrected chi connectivity index (χ3v) is 2.55. The van der Waals surface area contributed by atoms with E-state index >= 15 is 0 Å². The first-order valence-electron chi connectivity index (χ1n) is 5.46. The number of hydrogen-bond acceptors (Lipinski definition) is 4. The van der Waals surface area contributed by atoms with Gasteiger partial charge in [0, 0.05) is 6.54 Å². The average Bonchev–Trinajstić information content (AvgIpc) is 2.30. The van der Waals surface area contributed by atoms with Crippen LogP contribution >= 0.6 is 0 Å². The van der Waals surface area contributed by atoms with E-state index in [0.29, 0.717) is 0 Å². The van der Waals surface area contributed by atoms with E-state index in [1.165, 1.54) is 6.07 Å². The molecule has 1 aromatic rings. The number of halogens is 1. The molecule has 0 radical (unpaired) electrons. The molecular formula is C12H16FNO4. The van der Waals surface area contributed by atoms with Crippen LogP contribution in [-0.4, -0.2) is 41.0 Å². The van der Waals surface area contributed by atoms with Gasteiger partial charge in [0.1, 0.15) is 11.9 Å². The van der Waals surface area contributed by atoms with Gasteiger partial charge in [0.25, 0.3) is 0 Å². The highest BCUT2D eigenvalue weighted by Crippen LogP contribution is 2.23. The summed E-state index contributed by atoms with van der Waals surface area (Å²) in [7, 11) is 1.60. The molecule has 4 N–H and O–H groups in total. The fraction of sp³-hybridized carbons (Fsp3) is 0.417. The molecule has 0 heterocycles. The van der Waals surface area contributed by atoms with Crippen molar-refractivity contribution in [3.63, 3.8) is 0 Å². The Kier molecular flexibility index (Phi) is 5.21. The van der Waals surface area contributed by atoms with Crippen molar-refractivity contribution in [1.29, 1.82) is 0 Å². The first kappa shape index (κ1) is 14.6. The molecule has 0 fully saturated rings. The van der Waals surface area contributed by atoms with Crippen LogP contribution in [0.3, 0.4) is 0 Å². The fourth-order valence-corrected chi connectivity index (χ4v) is 1.69. The molecule has 2 unspecified atom stereocenters. The van der Waals surface area contributed by atoms with Gasteiger partial charge < -0.3 is 20.6 Å². The van der Waals surface area contributed by atoms with Gasteiger partial charge in [-0.15, -0.1) is 0 Å². The van der Waals surface area contributed by atoms with Gasteiger partial charge in [0.2, 0.25) is 0 Å². The first-order valence-corrected chi connectivity index (χ1v) is 5.46. The minimum Gasteiger partial charge on any atom is -0.481 e. The van der Waals surface area contributed by atoms with E-state index in [2.05, 4.69) is 5.32 Å². The summed E-state index contributed by atoms with van der Waals surface area (Å²) in [4.78, 5) is 10.7. The molecule has 6 heteroatoms. The van der Waals surface area contributed by atoms with Gasteiger partial charge in [0.05, 0.1) is 12.5 Å². The van der Waals surface area contributed by atoms with Crippen molar-refractivity contribution in [3.05, 3.63) is 35.1 Å². The maximum absolute atomic E-state index is 13.1. The minimum absolute atomic E-state index is 0.0974. The van der Waals surface area contributed by atoms with Crippen LogP contribution in [0.1, 0.15) is 17.2 Å². The topological polar surface area (TPSA) is 89.8 Å². The number of likely N-dealkylation sites (N-methyl/N-ethyl adjacent to an activating group) is 1. The predicted octanol–water partition coefficient (Wildman–Crippen LogP) is 0.0665. The average molecular weight is 257 g/mol. The van der Waals surface area contributed by atoms with Gasteiger partial charge >= 0.3 is 5.97 Å². The minimum atomic E-state index is -1.33. The third kappa shape index (κ3) is 3.76. The summed E-state index contributed by atoms with van der Waals surface area (Å²) in [6, 6.07) is 3.47. The summed E-state index contributed by atoms with van der Waals surface area (Å²) in [5.41, 5.74) is 0.381. The molecule has 0 amide bonds. The van der Waals surface area contributed by atoms with E-state index in [1.54, 1.807) is 7.05 Å². The number of rotatable bonds is 6. The highest BCUT2D eigenvalue weighted by atomic mass is 19.1. The Balaban J connectivity index is 3.03. The Morgan fingerprint density at radius 3 is 2.67 bits per heavy atom. The number of nitrogens with one attached hydrogen (secondary N) is 1. The summed E-state index contributed by atoms with van der Waals surface area (Å²) in [5.74, 6) is -1.67. The lowest BCUT2D eigenvalue weighted by Crippen LogP contribution is -2.30. The summed E-state index contributed by atoms with van der Waals surface area (Å²) in [6.07, 6.45) is -2.80. The standard InChI is InChI=1S/C12H16FNO4/c1-14-6-10(15)12(18)9-5-8(13)3-2-7(9)4-11(16)17/h2-3,5,10,12,14-15,18H,4,6H2,1H3,(H,16,17). The molecule has 0 aliphatic heterocycles. The summed E-state index contributed by atoms with van der Waals surface area (Å²) < 4.78 is 13.1. The number of carboxylic acids is 1. The van der Waals surface area contributed by atoms with E-state index in [9.17, 15) is 19.4 Å². The smallest absolute Gasteiger partial charge is 0.307 e. The lowest BCUT2D eigenvalue weighted by Gasteiger charge is -2.20. The van der Waals surface area contributed by atoms with Crippen molar-refractivity contribution in [2.75, 3.05) is 13.6 Å². The summed E-state index contributed by atoms with van der Waals surface area (Å²) in [5, 5.41) is 30.9. The zero-order valence-corrected chi connectivity index (χ0v) is 9.93. The van der Waals surface area contributed by atoms with Crippen LogP contribution in [-0.2, 0) is 11.2 Å². The SMILES string of the molecule is CNCC(O)C(O)c1cc(F)ccc1CC(=O)O. The van der Waals surface area contributed by atoms with Crippen LogP contribution in [0.4, 0.5) is 4.39 Å². The van der Waals surface area contributed by atoms with Gasteiger partial charge in [-0.2, -0.15) is 0 Å². The van der Waals surface area contributed by atoms with Gasteiger partial charge in [-0.3, -0.25) is 4.79 Å². The molecular weight excluding hydrogens is 241 g/mol. The fourth-order valence-electron chi connectivity index (χ4n) is 1.69. The summed E-state index contributed by atoms with van der Waals surface area (Å²) >= 11 is 0. The molecule has 5 nitrogen and oxygen atoms in total. The molecule has 0 aliphatic rings. The number of aliphatic hydroxyl groups excluding tert-OH is 2. The second kappa shape index (κ2) is 6.44.